The summed E-state index contributed by atoms with van der Waals surface area (Å²) in [6.07, 6.45) is 0.0399. The highest BCUT2D eigenvalue weighted by molar-refractivity contribution is 6.46. The van der Waals surface area contributed by atoms with E-state index in [2.05, 4.69) is 0 Å². The summed E-state index contributed by atoms with van der Waals surface area (Å²) in [5, 5.41) is 11.0. The number of likely N-dealkylation sites (tertiary alicyclic amines) is 1. The van der Waals surface area contributed by atoms with E-state index in [4.69, 9.17) is 4.74 Å². The highest BCUT2D eigenvalue weighted by Crippen LogP contribution is 2.39. The first-order valence-electron chi connectivity index (χ1n) is 10.5. The summed E-state index contributed by atoms with van der Waals surface area (Å²) in [6.45, 7) is 6.82. The number of carbonyl (C=O) groups excluding carboxylic acids is 2. The van der Waals surface area contributed by atoms with E-state index in [0.29, 0.717) is 24.4 Å². The summed E-state index contributed by atoms with van der Waals surface area (Å²) in [5.41, 5.74) is 2.43. The number of amides is 1. The fraction of sp³-hybridized carbons (Fsp3) is 0.360. The Morgan fingerprint density at radius 2 is 1.68 bits per heavy atom. The van der Waals surface area contributed by atoms with Crippen LogP contribution in [0.1, 0.15) is 36.6 Å². The number of ether oxygens (including phenoxy) is 1. The molecular formula is C25H30N2O4. The maximum absolute atomic E-state index is 13.0. The average molecular weight is 423 g/mol. The standard InChI is InChI=1S/C25H30N2O4/c1-16(2)31-20-12-10-18(11-13-20)22-21(23(28)19-8-6-17(3)7-9-19)24(29)25(30)27(22)15-14-26(4)5/h6-13,16,22,28H,14-15H2,1-5H3/b23-21+/t22-/m0/s1. The topological polar surface area (TPSA) is 70.1 Å². The third-order valence-corrected chi connectivity index (χ3v) is 5.22. The van der Waals surface area contributed by atoms with Crippen LogP contribution in [0.3, 0.4) is 0 Å². The van der Waals surface area contributed by atoms with Gasteiger partial charge in [0.1, 0.15) is 11.5 Å². The number of carbonyl (C=O) groups is 2. The number of nitrogens with zero attached hydrogens (tertiary/aromatic N) is 2. The van der Waals surface area contributed by atoms with Crippen molar-refractivity contribution in [3.63, 3.8) is 0 Å². The number of aliphatic hydroxyl groups is 1. The lowest BCUT2D eigenvalue weighted by Crippen LogP contribution is -2.35. The molecule has 1 amide bonds. The van der Waals surface area contributed by atoms with Crippen LogP contribution in [0, 0.1) is 6.92 Å². The van der Waals surface area contributed by atoms with Crippen LogP contribution < -0.4 is 4.74 Å². The van der Waals surface area contributed by atoms with Crippen molar-refractivity contribution < 1.29 is 19.4 Å². The number of benzene rings is 2. The van der Waals surface area contributed by atoms with Gasteiger partial charge in [0.15, 0.2) is 0 Å². The van der Waals surface area contributed by atoms with Crippen LogP contribution in [0.2, 0.25) is 0 Å². The molecule has 0 aromatic heterocycles. The molecule has 6 nitrogen and oxygen atoms in total. The van der Waals surface area contributed by atoms with Gasteiger partial charge in [-0.25, -0.2) is 0 Å². The number of aliphatic hydroxyl groups excluding tert-OH is 1. The van der Waals surface area contributed by atoms with Crippen molar-refractivity contribution in [1.29, 1.82) is 0 Å². The van der Waals surface area contributed by atoms with Gasteiger partial charge in [-0.15, -0.1) is 0 Å². The van der Waals surface area contributed by atoms with E-state index in [9.17, 15) is 14.7 Å². The molecule has 31 heavy (non-hydrogen) atoms. The van der Waals surface area contributed by atoms with Gasteiger partial charge in [0.05, 0.1) is 17.7 Å². The molecule has 3 rings (SSSR count). The van der Waals surface area contributed by atoms with E-state index >= 15 is 0 Å². The average Bonchev–Trinajstić information content (AvgIpc) is 2.97. The Labute approximate surface area is 183 Å². The summed E-state index contributed by atoms with van der Waals surface area (Å²) in [5.74, 6) is -0.701. The number of likely N-dealkylation sites (N-methyl/N-ethyl adjacent to an activating group) is 1. The highest BCUT2D eigenvalue weighted by atomic mass is 16.5. The van der Waals surface area contributed by atoms with Crippen LogP contribution in [-0.4, -0.2) is 59.9 Å². The largest absolute Gasteiger partial charge is 0.507 e. The Hall–Kier alpha value is -3.12. The minimum Gasteiger partial charge on any atom is -0.507 e. The summed E-state index contributed by atoms with van der Waals surface area (Å²) in [7, 11) is 3.83. The molecule has 0 aliphatic carbocycles. The van der Waals surface area contributed by atoms with E-state index in [-0.39, 0.29) is 17.4 Å². The van der Waals surface area contributed by atoms with E-state index < -0.39 is 17.7 Å². The van der Waals surface area contributed by atoms with Gasteiger partial charge in [0.2, 0.25) is 0 Å². The van der Waals surface area contributed by atoms with Crippen LogP contribution in [0.5, 0.6) is 5.75 Å². The van der Waals surface area contributed by atoms with Crippen molar-refractivity contribution in [1.82, 2.24) is 9.80 Å². The predicted octanol–water partition coefficient (Wildman–Crippen LogP) is 3.77. The monoisotopic (exact) mass is 422 g/mol. The normalized spacial score (nSPS) is 18.3. The summed E-state index contributed by atoms with van der Waals surface area (Å²) < 4.78 is 5.72. The predicted molar refractivity (Wildman–Crippen MR) is 121 cm³/mol. The summed E-state index contributed by atoms with van der Waals surface area (Å²) in [6, 6.07) is 13.9. The Balaban J connectivity index is 2.08. The van der Waals surface area contributed by atoms with Gasteiger partial charge >= 0.3 is 0 Å². The van der Waals surface area contributed by atoms with Crippen molar-refractivity contribution in [3.05, 3.63) is 70.8 Å². The smallest absolute Gasteiger partial charge is 0.295 e. The second kappa shape index (κ2) is 9.35. The SMILES string of the molecule is Cc1ccc(/C(O)=C2\C(=O)C(=O)N(CCN(C)C)[C@H]2c2ccc(OC(C)C)cc2)cc1. The molecule has 0 spiro atoms. The molecular weight excluding hydrogens is 392 g/mol. The number of hydrogen-bond acceptors (Lipinski definition) is 5. The van der Waals surface area contributed by atoms with Gasteiger partial charge in [0, 0.05) is 18.7 Å². The fourth-order valence-electron chi connectivity index (χ4n) is 3.63. The molecule has 1 atom stereocenters. The maximum atomic E-state index is 13.0. The van der Waals surface area contributed by atoms with Crippen LogP contribution in [-0.2, 0) is 9.59 Å². The first-order valence-corrected chi connectivity index (χ1v) is 10.5. The second-order valence-corrected chi connectivity index (χ2v) is 8.40. The van der Waals surface area contributed by atoms with Gasteiger partial charge in [-0.1, -0.05) is 42.0 Å². The molecule has 1 saturated heterocycles. The molecule has 164 valence electrons. The summed E-state index contributed by atoms with van der Waals surface area (Å²) in [4.78, 5) is 29.4. The minimum atomic E-state index is -0.663. The molecule has 1 aliphatic rings. The maximum Gasteiger partial charge on any atom is 0.295 e. The molecule has 0 saturated carbocycles. The molecule has 0 bridgehead atoms. The third kappa shape index (κ3) is 4.97. The Morgan fingerprint density at radius 1 is 1.06 bits per heavy atom. The zero-order valence-electron chi connectivity index (χ0n) is 18.8. The number of hydrogen-bond donors (Lipinski definition) is 1. The third-order valence-electron chi connectivity index (χ3n) is 5.22. The van der Waals surface area contributed by atoms with Crippen molar-refractivity contribution in [2.45, 2.75) is 32.9 Å². The molecule has 1 fully saturated rings. The lowest BCUT2D eigenvalue weighted by atomic mass is 9.95. The Kier molecular flexibility index (Phi) is 6.81. The minimum absolute atomic E-state index is 0.0399. The van der Waals surface area contributed by atoms with Crippen LogP contribution in [0.15, 0.2) is 54.1 Å². The molecule has 6 heteroatoms. The molecule has 1 N–H and O–H groups in total. The number of rotatable bonds is 7. The molecule has 2 aromatic rings. The number of Topliss-reactive ketones (excluding diaryl/α,β-unsaturated/α-hetero) is 1. The second-order valence-electron chi connectivity index (χ2n) is 8.40. The van der Waals surface area contributed by atoms with E-state index in [0.717, 1.165) is 11.1 Å². The number of aryl methyl sites for hydroxylation is 1. The first kappa shape index (κ1) is 22.6. The van der Waals surface area contributed by atoms with Crippen molar-refractivity contribution in [2.24, 2.45) is 0 Å². The van der Waals surface area contributed by atoms with Gasteiger partial charge in [-0.05, 0) is 52.6 Å². The molecule has 1 aliphatic heterocycles. The Morgan fingerprint density at radius 3 is 2.23 bits per heavy atom. The lowest BCUT2D eigenvalue weighted by molar-refractivity contribution is -0.140. The Bertz CT molecular complexity index is 976. The van der Waals surface area contributed by atoms with Crippen molar-refractivity contribution >= 4 is 17.4 Å². The van der Waals surface area contributed by atoms with Gasteiger partial charge in [-0.2, -0.15) is 0 Å². The number of ketones is 1. The zero-order valence-corrected chi connectivity index (χ0v) is 18.8. The molecule has 2 aromatic carbocycles. The van der Waals surface area contributed by atoms with Gasteiger partial charge in [0.25, 0.3) is 11.7 Å². The quantitative estimate of drug-likeness (QED) is 0.418. The van der Waals surface area contributed by atoms with Crippen molar-refractivity contribution in [2.75, 3.05) is 27.2 Å². The van der Waals surface area contributed by atoms with Gasteiger partial charge < -0.3 is 19.6 Å². The van der Waals surface area contributed by atoms with E-state index in [1.807, 2.05) is 76.2 Å². The highest BCUT2D eigenvalue weighted by Gasteiger charge is 2.45. The van der Waals surface area contributed by atoms with E-state index in [1.54, 1.807) is 17.0 Å². The molecule has 0 radical (unpaired) electrons. The van der Waals surface area contributed by atoms with Crippen molar-refractivity contribution in [3.8, 4) is 5.75 Å². The van der Waals surface area contributed by atoms with Crippen LogP contribution in [0.4, 0.5) is 0 Å². The summed E-state index contributed by atoms with van der Waals surface area (Å²) >= 11 is 0. The van der Waals surface area contributed by atoms with E-state index in [1.165, 1.54) is 0 Å². The molecule has 0 unspecified atom stereocenters. The van der Waals surface area contributed by atoms with Crippen LogP contribution in [0.25, 0.3) is 5.76 Å². The molecule has 1 heterocycles. The fourth-order valence-corrected chi connectivity index (χ4v) is 3.63. The lowest BCUT2D eigenvalue weighted by Gasteiger charge is -2.26. The van der Waals surface area contributed by atoms with Gasteiger partial charge in [-0.3, -0.25) is 9.59 Å². The zero-order chi connectivity index (χ0) is 22.7. The van der Waals surface area contributed by atoms with Crippen LogP contribution >= 0.6 is 0 Å². The first-order chi connectivity index (χ1) is 14.7.